The Morgan fingerprint density at radius 2 is 1.93 bits per heavy atom. The molecule has 2 aromatic heterocycles. The highest BCUT2D eigenvalue weighted by Crippen LogP contribution is 2.32. The zero-order chi connectivity index (χ0) is 21.1. The second-order valence-corrected chi connectivity index (χ2v) is 8.19. The summed E-state index contributed by atoms with van der Waals surface area (Å²) in [5, 5.41) is 0. The van der Waals surface area contributed by atoms with E-state index in [2.05, 4.69) is 25.4 Å². The third-order valence-electron chi connectivity index (χ3n) is 6.03. The van der Waals surface area contributed by atoms with E-state index in [0.717, 1.165) is 67.1 Å². The predicted molar refractivity (Wildman–Crippen MR) is 117 cm³/mol. The molecule has 1 aromatic carbocycles. The molecule has 0 spiro atoms. The predicted octanol–water partition coefficient (Wildman–Crippen LogP) is 3.57. The van der Waals surface area contributed by atoms with Crippen molar-refractivity contribution in [3.05, 3.63) is 53.7 Å². The smallest absolute Gasteiger partial charge is 0.156 e. The van der Waals surface area contributed by atoms with Crippen LogP contribution in [0.5, 0.6) is 0 Å². The number of pyridine rings is 1. The van der Waals surface area contributed by atoms with Gasteiger partial charge in [-0.2, -0.15) is 0 Å². The summed E-state index contributed by atoms with van der Waals surface area (Å²) in [4.78, 5) is 14.2. The molecule has 7 heteroatoms. The minimum Gasteiger partial charge on any atom is -0.383 e. The molecule has 0 amide bonds. The first-order valence-corrected chi connectivity index (χ1v) is 10.5. The third kappa shape index (κ3) is 4.47. The Balaban J connectivity index is 1.49. The molecule has 4 rings (SSSR count). The fourth-order valence-corrected chi connectivity index (χ4v) is 4.17. The third-order valence-corrected chi connectivity index (χ3v) is 6.03. The molecule has 0 N–H and O–H groups in total. The molecule has 1 saturated heterocycles. The summed E-state index contributed by atoms with van der Waals surface area (Å²) in [6.07, 6.45) is 3.99. The highest BCUT2D eigenvalue weighted by atomic mass is 19.1. The quantitative estimate of drug-likeness (QED) is 0.595. The molecule has 160 valence electrons. The zero-order valence-electron chi connectivity index (χ0n) is 18.0. The van der Waals surface area contributed by atoms with Crippen molar-refractivity contribution >= 4 is 16.9 Å². The topological polar surface area (TPSA) is 46.4 Å². The molecule has 0 saturated carbocycles. The van der Waals surface area contributed by atoms with Gasteiger partial charge < -0.3 is 14.2 Å². The highest BCUT2D eigenvalue weighted by Gasteiger charge is 2.24. The summed E-state index contributed by atoms with van der Waals surface area (Å²) in [5.74, 6) is 1.18. The van der Waals surface area contributed by atoms with E-state index in [4.69, 9.17) is 9.72 Å². The molecular weight excluding hydrogens is 381 g/mol. The van der Waals surface area contributed by atoms with Crippen molar-refractivity contribution in [3.8, 4) is 0 Å². The lowest BCUT2D eigenvalue weighted by Crippen LogP contribution is -2.33. The molecule has 3 heterocycles. The SMILES string of the molecule is COCCN(C)c1nc(C2CCN(Cc3ccc(F)cc3)CC2)cc2c1ncn2C. The number of halogens is 1. The fraction of sp³-hybridized carbons (Fsp3) is 0.478. The van der Waals surface area contributed by atoms with Crippen molar-refractivity contribution in [2.24, 2.45) is 7.05 Å². The number of piperidine rings is 1. The van der Waals surface area contributed by atoms with Crippen molar-refractivity contribution in [2.75, 3.05) is 45.3 Å². The second-order valence-electron chi connectivity index (χ2n) is 8.19. The molecule has 6 nitrogen and oxygen atoms in total. The van der Waals surface area contributed by atoms with E-state index in [1.165, 1.54) is 12.1 Å². The van der Waals surface area contributed by atoms with Crippen LogP contribution in [0.1, 0.15) is 30.0 Å². The van der Waals surface area contributed by atoms with Crippen LogP contribution in [0, 0.1) is 5.82 Å². The molecule has 30 heavy (non-hydrogen) atoms. The summed E-state index contributed by atoms with van der Waals surface area (Å²) in [6.45, 7) is 4.32. The van der Waals surface area contributed by atoms with Crippen LogP contribution in [0.3, 0.4) is 0 Å². The number of rotatable bonds is 7. The standard InChI is InChI=1S/C23H30FN5O/c1-27(12-13-30-3)23-22-21(28(2)16-25-22)14-20(26-23)18-8-10-29(11-9-18)15-17-4-6-19(24)7-5-17/h4-7,14,16,18H,8-13,15H2,1-3H3. The lowest BCUT2D eigenvalue weighted by Gasteiger charge is -2.32. The maximum Gasteiger partial charge on any atom is 0.156 e. The minimum absolute atomic E-state index is 0.180. The van der Waals surface area contributed by atoms with Crippen molar-refractivity contribution in [1.29, 1.82) is 0 Å². The van der Waals surface area contributed by atoms with Gasteiger partial charge in [-0.05, 0) is 49.7 Å². The van der Waals surface area contributed by atoms with Gasteiger partial charge in [0.2, 0.25) is 0 Å². The number of aryl methyl sites for hydroxylation is 1. The molecule has 0 radical (unpaired) electrons. The fourth-order valence-electron chi connectivity index (χ4n) is 4.17. The first-order valence-electron chi connectivity index (χ1n) is 10.5. The molecule has 1 aliphatic heterocycles. The number of anilines is 1. The van der Waals surface area contributed by atoms with Crippen LogP contribution in [-0.4, -0.2) is 59.8 Å². The van der Waals surface area contributed by atoms with Gasteiger partial charge in [0.25, 0.3) is 0 Å². The molecule has 0 bridgehead atoms. The van der Waals surface area contributed by atoms with Gasteiger partial charge in [-0.3, -0.25) is 4.90 Å². The van der Waals surface area contributed by atoms with Crippen molar-refractivity contribution in [3.63, 3.8) is 0 Å². The number of likely N-dealkylation sites (N-methyl/N-ethyl adjacent to an activating group) is 1. The molecule has 0 aliphatic carbocycles. The van der Waals surface area contributed by atoms with Gasteiger partial charge >= 0.3 is 0 Å². The van der Waals surface area contributed by atoms with Gasteiger partial charge in [-0.15, -0.1) is 0 Å². The average molecular weight is 412 g/mol. The van der Waals surface area contributed by atoms with Crippen molar-refractivity contribution in [1.82, 2.24) is 19.4 Å². The van der Waals surface area contributed by atoms with E-state index in [9.17, 15) is 4.39 Å². The van der Waals surface area contributed by atoms with Gasteiger partial charge in [0.15, 0.2) is 5.82 Å². The monoisotopic (exact) mass is 411 g/mol. The van der Waals surface area contributed by atoms with Gasteiger partial charge in [-0.1, -0.05) is 12.1 Å². The molecule has 0 atom stereocenters. The Hall–Kier alpha value is -2.51. The summed E-state index contributed by atoms with van der Waals surface area (Å²) < 4.78 is 20.5. The maximum atomic E-state index is 13.1. The van der Waals surface area contributed by atoms with E-state index in [-0.39, 0.29) is 5.82 Å². The molecular formula is C23H30FN5O. The lowest BCUT2D eigenvalue weighted by atomic mass is 9.92. The number of fused-ring (bicyclic) bond motifs is 1. The molecule has 0 unspecified atom stereocenters. The number of likely N-dealkylation sites (tertiary alicyclic amines) is 1. The number of methoxy groups -OCH3 is 1. The van der Waals surface area contributed by atoms with Crippen LogP contribution in [0.2, 0.25) is 0 Å². The number of ether oxygens (including phenoxy) is 1. The summed E-state index contributed by atoms with van der Waals surface area (Å²) in [6, 6.07) is 9.03. The number of nitrogens with zero attached hydrogens (tertiary/aromatic N) is 5. The van der Waals surface area contributed by atoms with Crippen LogP contribution >= 0.6 is 0 Å². The number of aromatic nitrogens is 3. The van der Waals surface area contributed by atoms with Crippen LogP contribution in [-0.2, 0) is 18.3 Å². The number of hydrogen-bond acceptors (Lipinski definition) is 5. The summed E-state index contributed by atoms with van der Waals surface area (Å²) in [7, 11) is 5.79. The Labute approximate surface area is 177 Å². The zero-order valence-corrected chi connectivity index (χ0v) is 18.0. The Kier molecular flexibility index (Phi) is 6.29. The van der Waals surface area contributed by atoms with Gasteiger partial charge in [0.1, 0.15) is 11.3 Å². The van der Waals surface area contributed by atoms with Crippen molar-refractivity contribution < 1.29 is 9.13 Å². The second kappa shape index (κ2) is 9.10. The van der Waals surface area contributed by atoms with E-state index in [0.29, 0.717) is 12.5 Å². The van der Waals surface area contributed by atoms with Crippen LogP contribution in [0.15, 0.2) is 36.7 Å². The van der Waals surface area contributed by atoms with Crippen molar-refractivity contribution in [2.45, 2.75) is 25.3 Å². The van der Waals surface area contributed by atoms with E-state index in [1.807, 2.05) is 32.6 Å². The highest BCUT2D eigenvalue weighted by molar-refractivity contribution is 5.87. The summed E-state index contributed by atoms with van der Waals surface area (Å²) in [5.41, 5.74) is 4.36. The van der Waals surface area contributed by atoms with Crippen LogP contribution in [0.25, 0.3) is 11.0 Å². The number of imidazole rings is 1. The maximum absolute atomic E-state index is 13.1. The van der Waals surface area contributed by atoms with Crippen LogP contribution < -0.4 is 4.90 Å². The average Bonchev–Trinajstić information content (AvgIpc) is 3.14. The number of benzene rings is 1. The normalized spacial score (nSPS) is 15.7. The minimum atomic E-state index is -0.180. The van der Waals surface area contributed by atoms with E-state index in [1.54, 1.807) is 7.11 Å². The first kappa shape index (κ1) is 20.8. The van der Waals surface area contributed by atoms with E-state index >= 15 is 0 Å². The first-order chi connectivity index (χ1) is 14.5. The summed E-state index contributed by atoms with van der Waals surface area (Å²) >= 11 is 0. The van der Waals surface area contributed by atoms with E-state index < -0.39 is 0 Å². The van der Waals surface area contributed by atoms with Gasteiger partial charge in [0, 0.05) is 45.9 Å². The Morgan fingerprint density at radius 3 is 2.63 bits per heavy atom. The Morgan fingerprint density at radius 1 is 1.20 bits per heavy atom. The Bertz CT molecular complexity index is 979. The van der Waals surface area contributed by atoms with Gasteiger partial charge in [0.05, 0.1) is 18.5 Å². The van der Waals surface area contributed by atoms with Gasteiger partial charge in [-0.25, -0.2) is 14.4 Å². The molecule has 1 aliphatic rings. The lowest BCUT2D eigenvalue weighted by molar-refractivity contribution is 0.203. The molecule has 1 fully saturated rings. The van der Waals surface area contributed by atoms with Crippen LogP contribution in [0.4, 0.5) is 10.2 Å². The number of hydrogen-bond donors (Lipinski definition) is 0. The largest absolute Gasteiger partial charge is 0.383 e. The molecule has 3 aromatic rings.